The Morgan fingerprint density at radius 3 is 3.00 bits per heavy atom. The average molecular weight is 291 g/mol. The number of nitrogens with zero attached hydrogens (tertiary/aromatic N) is 4. The minimum atomic E-state index is -1.51. The number of aromatic nitrogens is 4. The lowest BCUT2D eigenvalue weighted by atomic mass is 10.2. The Balaban J connectivity index is 1.79. The zero-order valence-electron chi connectivity index (χ0n) is 10.6. The second-order valence-corrected chi connectivity index (χ2v) is 5.19. The van der Waals surface area contributed by atoms with Crippen LogP contribution in [0, 0.1) is 18.4 Å². The summed E-state index contributed by atoms with van der Waals surface area (Å²) in [6.45, 7) is 0. The van der Waals surface area contributed by atoms with Crippen molar-refractivity contribution in [2.45, 2.75) is 30.0 Å². The molecule has 2 fully saturated rings. The molecule has 1 aliphatic carbocycles. The number of nitrogens with two attached hydrogens (primary N) is 1. The molecule has 0 aromatic carbocycles. The van der Waals surface area contributed by atoms with Crippen molar-refractivity contribution >= 4 is 17.0 Å². The van der Waals surface area contributed by atoms with E-state index in [2.05, 4.69) is 20.9 Å². The van der Waals surface area contributed by atoms with Crippen LogP contribution in [-0.2, 0) is 4.74 Å². The van der Waals surface area contributed by atoms with E-state index in [1.807, 2.05) is 0 Å². The number of terminal acetylenes is 1. The van der Waals surface area contributed by atoms with E-state index in [0.717, 1.165) is 0 Å². The first-order valence-corrected chi connectivity index (χ1v) is 6.14. The SMILES string of the molecule is C#C[C@]12O[C@@H](n3cnc4c(N)nc(F)nc43)C[C@@]1(O)C2O. The van der Waals surface area contributed by atoms with E-state index in [-0.39, 0.29) is 23.4 Å². The third-order valence-corrected chi connectivity index (χ3v) is 4.15. The fourth-order valence-electron chi connectivity index (χ4n) is 2.94. The van der Waals surface area contributed by atoms with E-state index in [4.69, 9.17) is 16.9 Å². The standard InChI is InChI=1S/C12H10FN5O3/c1-2-12-9(19)11(12,20)3-5(21-12)18-4-15-6-7(14)16-10(13)17-8(6)18/h1,4-5,9,19-20H,3H2,(H2,14,16,17)/t5-,9?,11-,12-/m1/s1. The third-order valence-electron chi connectivity index (χ3n) is 4.15. The van der Waals surface area contributed by atoms with Crippen molar-refractivity contribution in [3.8, 4) is 12.3 Å². The van der Waals surface area contributed by atoms with Gasteiger partial charge in [-0.1, -0.05) is 5.92 Å². The summed E-state index contributed by atoms with van der Waals surface area (Å²) in [5.41, 5.74) is 2.98. The molecule has 0 amide bonds. The normalized spacial score (nSPS) is 37.4. The molecule has 3 heterocycles. The molecule has 1 saturated heterocycles. The third kappa shape index (κ3) is 1.27. The molecule has 4 rings (SSSR count). The van der Waals surface area contributed by atoms with Gasteiger partial charge in [0.25, 0.3) is 0 Å². The van der Waals surface area contributed by atoms with E-state index in [1.165, 1.54) is 10.9 Å². The van der Waals surface area contributed by atoms with Crippen LogP contribution in [0.2, 0.25) is 0 Å². The van der Waals surface area contributed by atoms with E-state index in [9.17, 15) is 14.6 Å². The van der Waals surface area contributed by atoms with Crippen LogP contribution in [0.4, 0.5) is 10.2 Å². The van der Waals surface area contributed by atoms with Gasteiger partial charge in [0.2, 0.25) is 0 Å². The molecule has 0 radical (unpaired) electrons. The molecule has 21 heavy (non-hydrogen) atoms. The zero-order valence-corrected chi connectivity index (χ0v) is 10.6. The number of nitrogen functional groups attached to an aromatic ring is 1. The molecule has 0 spiro atoms. The Morgan fingerprint density at radius 1 is 1.57 bits per heavy atom. The minimum Gasteiger partial charge on any atom is -0.386 e. The summed E-state index contributed by atoms with van der Waals surface area (Å²) in [6.07, 6.45) is 3.86. The van der Waals surface area contributed by atoms with Crippen LogP contribution in [0.25, 0.3) is 11.2 Å². The molecule has 2 aromatic heterocycles. The van der Waals surface area contributed by atoms with Crippen LogP contribution in [0.3, 0.4) is 0 Å². The lowest BCUT2D eigenvalue weighted by molar-refractivity contribution is -0.0380. The van der Waals surface area contributed by atoms with E-state index >= 15 is 0 Å². The number of halogens is 1. The number of imidazole rings is 1. The number of fused-ring (bicyclic) bond motifs is 2. The van der Waals surface area contributed by atoms with Gasteiger partial charge in [-0.25, -0.2) is 4.98 Å². The maximum Gasteiger partial charge on any atom is 0.312 e. The highest BCUT2D eigenvalue weighted by Crippen LogP contribution is 2.62. The van der Waals surface area contributed by atoms with Crippen molar-refractivity contribution < 1.29 is 19.3 Å². The quantitative estimate of drug-likeness (QED) is 0.452. The number of ether oxygens (including phenoxy) is 1. The molecule has 9 heteroatoms. The summed E-state index contributed by atoms with van der Waals surface area (Å²) in [6, 6.07) is 0. The monoisotopic (exact) mass is 291 g/mol. The molecule has 8 nitrogen and oxygen atoms in total. The average Bonchev–Trinajstić information content (AvgIpc) is 2.81. The number of rotatable bonds is 1. The molecule has 108 valence electrons. The molecule has 0 bridgehead atoms. The maximum absolute atomic E-state index is 13.3. The summed E-state index contributed by atoms with van der Waals surface area (Å²) in [5, 5.41) is 20.0. The van der Waals surface area contributed by atoms with Gasteiger partial charge in [-0.05, 0) is 0 Å². The summed E-state index contributed by atoms with van der Waals surface area (Å²) in [4.78, 5) is 11.0. The largest absolute Gasteiger partial charge is 0.386 e. The van der Waals surface area contributed by atoms with E-state index < -0.39 is 29.6 Å². The molecule has 2 aliphatic rings. The summed E-state index contributed by atoms with van der Waals surface area (Å²) in [5.74, 6) is 2.19. The molecular formula is C12H10FN5O3. The fourth-order valence-corrected chi connectivity index (χ4v) is 2.94. The predicted molar refractivity (Wildman–Crippen MR) is 67.0 cm³/mol. The van der Waals surface area contributed by atoms with Gasteiger partial charge in [-0.2, -0.15) is 14.4 Å². The fraction of sp³-hybridized carbons (Fsp3) is 0.417. The Kier molecular flexibility index (Phi) is 2.07. The van der Waals surface area contributed by atoms with Crippen LogP contribution in [0.15, 0.2) is 6.33 Å². The van der Waals surface area contributed by atoms with Crippen LogP contribution >= 0.6 is 0 Å². The van der Waals surface area contributed by atoms with Crippen molar-refractivity contribution in [3.05, 3.63) is 12.4 Å². The number of hydrogen-bond donors (Lipinski definition) is 3. The van der Waals surface area contributed by atoms with Gasteiger partial charge in [-0.15, -0.1) is 6.42 Å². The molecular weight excluding hydrogens is 281 g/mol. The van der Waals surface area contributed by atoms with Gasteiger partial charge in [0.1, 0.15) is 17.9 Å². The highest BCUT2D eigenvalue weighted by atomic mass is 19.1. The molecule has 4 atom stereocenters. The van der Waals surface area contributed by atoms with Gasteiger partial charge >= 0.3 is 6.08 Å². The van der Waals surface area contributed by atoms with Crippen LogP contribution in [0.5, 0.6) is 0 Å². The highest BCUT2D eigenvalue weighted by molar-refractivity contribution is 5.81. The first-order valence-electron chi connectivity index (χ1n) is 6.14. The van der Waals surface area contributed by atoms with Crippen molar-refractivity contribution in [2.75, 3.05) is 5.73 Å². The second-order valence-electron chi connectivity index (χ2n) is 5.19. The molecule has 1 aliphatic heterocycles. The Bertz CT molecular complexity index is 817. The van der Waals surface area contributed by atoms with Crippen LogP contribution in [-0.4, -0.2) is 47.0 Å². The lowest BCUT2D eigenvalue weighted by Gasteiger charge is -2.17. The van der Waals surface area contributed by atoms with E-state index in [0.29, 0.717) is 0 Å². The summed E-state index contributed by atoms with van der Waals surface area (Å²) >= 11 is 0. The van der Waals surface area contributed by atoms with Crippen LogP contribution < -0.4 is 5.73 Å². The second kappa shape index (κ2) is 3.48. The zero-order chi connectivity index (χ0) is 15.0. The molecule has 1 saturated carbocycles. The Morgan fingerprint density at radius 2 is 2.33 bits per heavy atom. The topological polar surface area (TPSA) is 119 Å². The van der Waals surface area contributed by atoms with Gasteiger partial charge in [-0.3, -0.25) is 4.57 Å². The highest BCUT2D eigenvalue weighted by Gasteiger charge is 2.83. The molecule has 1 unspecified atom stereocenters. The van der Waals surface area contributed by atoms with Gasteiger partial charge in [0.15, 0.2) is 22.6 Å². The smallest absolute Gasteiger partial charge is 0.312 e. The van der Waals surface area contributed by atoms with Crippen LogP contribution in [0.1, 0.15) is 12.6 Å². The van der Waals surface area contributed by atoms with Crippen molar-refractivity contribution in [3.63, 3.8) is 0 Å². The summed E-state index contributed by atoms with van der Waals surface area (Å²) < 4.78 is 20.3. The predicted octanol–water partition coefficient (Wildman–Crippen LogP) is -1.06. The first-order chi connectivity index (χ1) is 9.93. The number of aliphatic hydroxyl groups is 2. The number of hydrogen-bond acceptors (Lipinski definition) is 7. The van der Waals surface area contributed by atoms with Gasteiger partial charge in [0.05, 0.1) is 6.33 Å². The maximum atomic E-state index is 13.3. The van der Waals surface area contributed by atoms with Crippen molar-refractivity contribution in [2.24, 2.45) is 0 Å². The Hall–Kier alpha value is -2.28. The lowest BCUT2D eigenvalue weighted by Crippen LogP contribution is -2.21. The molecule has 4 N–H and O–H groups in total. The minimum absolute atomic E-state index is 0.0371. The first kappa shape index (κ1) is 12.5. The van der Waals surface area contributed by atoms with Crippen molar-refractivity contribution in [1.29, 1.82) is 0 Å². The van der Waals surface area contributed by atoms with Crippen molar-refractivity contribution in [1.82, 2.24) is 19.5 Å². The molecule has 2 aromatic rings. The van der Waals surface area contributed by atoms with Gasteiger partial charge in [0, 0.05) is 6.42 Å². The van der Waals surface area contributed by atoms with Gasteiger partial charge < -0.3 is 20.7 Å². The Labute approximate surface area is 117 Å². The van der Waals surface area contributed by atoms with E-state index in [1.54, 1.807) is 0 Å². The number of anilines is 1. The summed E-state index contributed by atoms with van der Waals surface area (Å²) in [7, 11) is 0. The number of aliphatic hydroxyl groups excluding tert-OH is 1.